The van der Waals surface area contributed by atoms with Gasteiger partial charge in [0, 0.05) is 30.2 Å². The summed E-state index contributed by atoms with van der Waals surface area (Å²) in [6.07, 6.45) is 3.44. The third-order valence-corrected chi connectivity index (χ3v) is 6.86. The van der Waals surface area contributed by atoms with E-state index in [2.05, 4.69) is 34.9 Å². The van der Waals surface area contributed by atoms with Crippen LogP contribution >= 0.6 is 0 Å². The van der Waals surface area contributed by atoms with Crippen molar-refractivity contribution in [3.05, 3.63) is 59.7 Å². The Morgan fingerprint density at radius 2 is 1.93 bits per heavy atom. The molecular formula is C23H33N3O3S. The van der Waals surface area contributed by atoms with Gasteiger partial charge in [0.2, 0.25) is 10.0 Å². The molecule has 0 aliphatic carbocycles. The minimum atomic E-state index is -3.37. The molecule has 1 heterocycles. The molecule has 1 aliphatic rings. The maximum atomic E-state index is 12.3. The Morgan fingerprint density at radius 1 is 1.20 bits per heavy atom. The molecule has 6 nitrogen and oxygen atoms in total. The minimum Gasteiger partial charge on any atom is -0.496 e. The molecule has 2 aromatic rings. The summed E-state index contributed by atoms with van der Waals surface area (Å²) in [7, 11) is -1.73. The number of hydrogen-bond donors (Lipinski definition) is 2. The van der Waals surface area contributed by atoms with Gasteiger partial charge in [0.05, 0.1) is 19.1 Å². The molecule has 2 atom stereocenters. The van der Waals surface area contributed by atoms with E-state index in [9.17, 15) is 8.42 Å². The summed E-state index contributed by atoms with van der Waals surface area (Å²) in [6, 6.07) is 16.4. The first-order chi connectivity index (χ1) is 14.3. The van der Waals surface area contributed by atoms with Crippen LogP contribution in [0.4, 0.5) is 5.69 Å². The Hall–Kier alpha value is -2.09. The fourth-order valence-electron chi connectivity index (χ4n) is 4.27. The SMILES string of the molecule is COc1ccc(N(C(C)C)S(C)(=O)=O)cc1CNC1CCCNC1c1ccccc1. The number of anilines is 1. The first kappa shape index (κ1) is 22.6. The number of piperidine rings is 1. The van der Waals surface area contributed by atoms with Crippen LogP contribution in [0.15, 0.2) is 48.5 Å². The van der Waals surface area contributed by atoms with E-state index in [1.807, 2.05) is 32.0 Å². The van der Waals surface area contributed by atoms with Crippen molar-refractivity contribution < 1.29 is 13.2 Å². The van der Waals surface area contributed by atoms with Crippen LogP contribution in [0.2, 0.25) is 0 Å². The topological polar surface area (TPSA) is 70.7 Å². The predicted molar refractivity (Wildman–Crippen MR) is 123 cm³/mol. The average molecular weight is 432 g/mol. The molecule has 1 aliphatic heterocycles. The van der Waals surface area contributed by atoms with E-state index >= 15 is 0 Å². The van der Waals surface area contributed by atoms with Crippen LogP contribution in [0.1, 0.15) is 43.9 Å². The lowest BCUT2D eigenvalue weighted by Gasteiger charge is -2.34. The molecule has 0 amide bonds. The van der Waals surface area contributed by atoms with Gasteiger partial charge in [-0.15, -0.1) is 0 Å². The van der Waals surface area contributed by atoms with Gasteiger partial charge in [-0.3, -0.25) is 4.31 Å². The summed E-state index contributed by atoms with van der Waals surface area (Å²) in [5.41, 5.74) is 2.88. The summed E-state index contributed by atoms with van der Waals surface area (Å²) >= 11 is 0. The lowest BCUT2D eigenvalue weighted by Crippen LogP contribution is -2.45. The van der Waals surface area contributed by atoms with Crippen molar-refractivity contribution in [2.24, 2.45) is 0 Å². The largest absolute Gasteiger partial charge is 0.496 e. The van der Waals surface area contributed by atoms with Gasteiger partial charge >= 0.3 is 0 Å². The van der Waals surface area contributed by atoms with Crippen LogP contribution in [0.25, 0.3) is 0 Å². The number of nitrogens with zero attached hydrogens (tertiary/aromatic N) is 1. The van der Waals surface area contributed by atoms with Crippen LogP contribution < -0.4 is 19.7 Å². The van der Waals surface area contributed by atoms with Crippen molar-refractivity contribution in [3.63, 3.8) is 0 Å². The molecule has 0 spiro atoms. The highest BCUT2D eigenvalue weighted by Gasteiger charge is 2.26. The number of hydrogen-bond acceptors (Lipinski definition) is 5. The molecule has 0 bridgehead atoms. The van der Waals surface area contributed by atoms with Crippen molar-refractivity contribution in [1.82, 2.24) is 10.6 Å². The number of benzene rings is 2. The Morgan fingerprint density at radius 3 is 2.57 bits per heavy atom. The van der Waals surface area contributed by atoms with Crippen molar-refractivity contribution in [2.75, 3.05) is 24.2 Å². The highest BCUT2D eigenvalue weighted by molar-refractivity contribution is 7.92. The third-order valence-electron chi connectivity index (χ3n) is 5.52. The van der Waals surface area contributed by atoms with Gasteiger partial charge in [0.1, 0.15) is 5.75 Å². The van der Waals surface area contributed by atoms with Crippen molar-refractivity contribution in [3.8, 4) is 5.75 Å². The van der Waals surface area contributed by atoms with Gasteiger partial charge in [-0.1, -0.05) is 30.3 Å². The Kier molecular flexibility index (Phi) is 7.39. The lowest BCUT2D eigenvalue weighted by molar-refractivity contribution is 0.303. The van der Waals surface area contributed by atoms with E-state index in [1.54, 1.807) is 13.2 Å². The molecule has 0 saturated carbocycles. The predicted octanol–water partition coefficient (Wildman–Crippen LogP) is 3.45. The molecular weight excluding hydrogens is 398 g/mol. The molecule has 3 rings (SSSR count). The maximum absolute atomic E-state index is 12.3. The quantitative estimate of drug-likeness (QED) is 0.670. The van der Waals surface area contributed by atoms with E-state index in [1.165, 1.54) is 16.1 Å². The van der Waals surface area contributed by atoms with Gasteiger partial charge in [-0.2, -0.15) is 0 Å². The van der Waals surface area contributed by atoms with E-state index in [4.69, 9.17) is 4.74 Å². The molecule has 2 aromatic carbocycles. The maximum Gasteiger partial charge on any atom is 0.232 e. The third kappa shape index (κ3) is 5.33. The highest BCUT2D eigenvalue weighted by atomic mass is 32.2. The lowest BCUT2D eigenvalue weighted by atomic mass is 9.92. The van der Waals surface area contributed by atoms with Crippen LogP contribution in [0.3, 0.4) is 0 Å². The van der Waals surface area contributed by atoms with E-state index < -0.39 is 10.0 Å². The van der Waals surface area contributed by atoms with Crippen LogP contribution in [-0.4, -0.2) is 40.4 Å². The smallest absolute Gasteiger partial charge is 0.232 e. The highest BCUT2D eigenvalue weighted by Crippen LogP contribution is 2.29. The van der Waals surface area contributed by atoms with Gasteiger partial charge in [0.15, 0.2) is 0 Å². The first-order valence-corrected chi connectivity index (χ1v) is 12.3. The normalized spacial score (nSPS) is 19.6. The Labute approximate surface area is 180 Å². The van der Waals surface area contributed by atoms with Crippen LogP contribution in [0, 0.1) is 0 Å². The molecule has 0 aromatic heterocycles. The zero-order chi connectivity index (χ0) is 21.7. The average Bonchev–Trinajstić information content (AvgIpc) is 2.72. The summed E-state index contributed by atoms with van der Waals surface area (Å²) in [5, 5.41) is 7.32. The Balaban J connectivity index is 1.83. The number of nitrogens with one attached hydrogen (secondary N) is 2. The first-order valence-electron chi connectivity index (χ1n) is 10.5. The number of rotatable bonds is 8. The van der Waals surface area contributed by atoms with E-state index in [-0.39, 0.29) is 18.1 Å². The fourth-order valence-corrected chi connectivity index (χ4v) is 5.54. The summed E-state index contributed by atoms with van der Waals surface area (Å²) in [5.74, 6) is 0.753. The van der Waals surface area contributed by atoms with Crippen molar-refractivity contribution in [2.45, 2.75) is 51.4 Å². The zero-order valence-corrected chi connectivity index (χ0v) is 19.1. The summed E-state index contributed by atoms with van der Waals surface area (Å²) < 4.78 is 31.6. The second-order valence-corrected chi connectivity index (χ2v) is 9.98. The van der Waals surface area contributed by atoms with Crippen molar-refractivity contribution in [1.29, 1.82) is 0 Å². The van der Waals surface area contributed by atoms with Crippen LogP contribution in [-0.2, 0) is 16.6 Å². The molecule has 1 fully saturated rings. The Bertz CT molecular complexity index is 932. The van der Waals surface area contributed by atoms with Gasteiger partial charge in [-0.25, -0.2) is 8.42 Å². The number of methoxy groups -OCH3 is 1. The van der Waals surface area contributed by atoms with Gasteiger partial charge in [-0.05, 0) is 57.0 Å². The van der Waals surface area contributed by atoms with Crippen molar-refractivity contribution >= 4 is 15.7 Å². The molecule has 2 unspecified atom stereocenters. The van der Waals surface area contributed by atoms with Gasteiger partial charge in [0.25, 0.3) is 0 Å². The molecule has 0 radical (unpaired) electrons. The zero-order valence-electron chi connectivity index (χ0n) is 18.3. The number of sulfonamides is 1. The summed E-state index contributed by atoms with van der Waals surface area (Å²) in [4.78, 5) is 0. The standard InChI is InChI=1S/C23H33N3O3S/c1-17(2)26(30(4,27)28)20-12-13-22(29-3)19(15-20)16-25-21-11-8-14-24-23(21)18-9-6-5-7-10-18/h5-7,9-10,12-13,15,17,21,23-25H,8,11,14,16H2,1-4H3. The monoisotopic (exact) mass is 431 g/mol. The minimum absolute atomic E-state index is 0.167. The molecule has 30 heavy (non-hydrogen) atoms. The number of ether oxygens (including phenoxy) is 1. The molecule has 2 N–H and O–H groups in total. The second-order valence-electron chi connectivity index (χ2n) is 8.12. The molecule has 164 valence electrons. The van der Waals surface area contributed by atoms with Crippen LogP contribution in [0.5, 0.6) is 5.75 Å². The van der Waals surface area contributed by atoms with E-state index in [0.717, 1.165) is 30.7 Å². The molecule has 7 heteroatoms. The molecule has 1 saturated heterocycles. The van der Waals surface area contributed by atoms with Gasteiger partial charge < -0.3 is 15.4 Å². The second kappa shape index (κ2) is 9.81. The van der Waals surface area contributed by atoms with E-state index in [0.29, 0.717) is 12.2 Å². The fraction of sp³-hybridized carbons (Fsp3) is 0.478. The summed E-state index contributed by atoms with van der Waals surface area (Å²) in [6.45, 7) is 5.36.